The molecule has 0 radical (unpaired) electrons. The number of aliphatic carboxylic acids is 3. The van der Waals surface area contributed by atoms with Crippen molar-refractivity contribution in [3.05, 3.63) is 0 Å². The van der Waals surface area contributed by atoms with Gasteiger partial charge in [-0.3, -0.25) is 30.6 Å². The third kappa shape index (κ3) is 40.9. The first-order valence-corrected chi connectivity index (χ1v) is 9.27. The molecule has 0 spiro atoms. The number of nitrogens with one attached hydrogen (secondary N) is 3. The number of guanidine groups is 3. The maximum atomic E-state index is 9.92. The molecule has 0 saturated heterocycles. The molecule has 188 valence electrons. The molecule has 0 aliphatic heterocycles. The van der Waals surface area contributed by atoms with Crippen LogP contribution in [0.5, 0.6) is 0 Å². The lowest BCUT2D eigenvalue weighted by Gasteiger charge is -2.12. The topological polar surface area (TPSA) is 349 Å². The Bertz CT molecular complexity index is 614. The number of likely N-dealkylation sites (N-methyl/N-ethyl adjacent to an activating group) is 3. The fourth-order valence-corrected chi connectivity index (χ4v) is 0.864. The number of nitrogens with zero attached hydrogens (tertiary/aromatic N) is 3. The maximum absolute atomic E-state index is 9.92. The predicted molar refractivity (Wildman–Crippen MR) is 111 cm³/mol. The van der Waals surface area contributed by atoms with Crippen LogP contribution in [0, 0.1) is 16.2 Å². The van der Waals surface area contributed by atoms with Crippen molar-refractivity contribution in [1.29, 1.82) is 16.2 Å². The van der Waals surface area contributed by atoms with Crippen molar-refractivity contribution in [3.63, 3.8) is 0 Å². The summed E-state index contributed by atoms with van der Waals surface area (Å²) in [5.74, 6) is -3.69. The molecule has 19 nitrogen and oxygen atoms in total. The van der Waals surface area contributed by atoms with Crippen LogP contribution in [0.1, 0.15) is 0 Å². The van der Waals surface area contributed by atoms with Crippen LogP contribution in [-0.2, 0) is 18.9 Å². The van der Waals surface area contributed by atoms with Gasteiger partial charge in [0.25, 0.3) is 0 Å². The second-order valence-electron chi connectivity index (χ2n) is 5.42. The van der Waals surface area contributed by atoms with Crippen molar-refractivity contribution in [2.45, 2.75) is 0 Å². The van der Waals surface area contributed by atoms with Gasteiger partial charge in [0.1, 0.15) is 19.6 Å². The van der Waals surface area contributed by atoms with E-state index >= 15 is 0 Å². The molecule has 0 aliphatic rings. The number of phosphoric acid groups is 1. The van der Waals surface area contributed by atoms with Gasteiger partial charge in [0, 0.05) is 21.1 Å². The molecule has 0 unspecified atom stereocenters. The normalized spacial score (nSPS) is 9.06. The SMILES string of the molecule is CN(CC(=O)O)C(=N)N.CN(CC(=O)O)C(=N)N.CN(CC(=O)O)C(=N)N.O=P(O)(O)O. The highest BCUT2D eigenvalue weighted by atomic mass is 31.2. The van der Waals surface area contributed by atoms with Gasteiger partial charge < -0.3 is 61.9 Å². The Labute approximate surface area is 182 Å². The lowest BCUT2D eigenvalue weighted by molar-refractivity contribution is -0.138. The Morgan fingerprint density at radius 3 is 0.812 bits per heavy atom. The standard InChI is InChI=1S/3C4H9N3O2.H3O4P/c3*1-7(4(5)6)2-3(8)9;1-5(2,3)4/h3*2H2,1H3,(H3,5,6)(H,8,9);(H3,1,2,3,4). The zero-order valence-electron chi connectivity index (χ0n) is 17.5. The fraction of sp³-hybridized carbons (Fsp3) is 0.500. The molecule has 0 aromatic heterocycles. The molecule has 0 amide bonds. The Kier molecular flexibility index (Phi) is 20.2. The van der Waals surface area contributed by atoms with Gasteiger partial charge in [-0.2, -0.15) is 0 Å². The number of carboxylic acids is 3. The highest BCUT2D eigenvalue weighted by Crippen LogP contribution is 2.25. The summed E-state index contributed by atoms with van der Waals surface area (Å²) in [6.45, 7) is -0.681. The lowest BCUT2D eigenvalue weighted by Crippen LogP contribution is -2.36. The maximum Gasteiger partial charge on any atom is 0.466 e. The molecule has 0 fully saturated rings. The van der Waals surface area contributed by atoms with Crippen molar-refractivity contribution < 1.29 is 48.9 Å². The van der Waals surface area contributed by atoms with Gasteiger partial charge in [0.2, 0.25) is 0 Å². The molecule has 32 heavy (non-hydrogen) atoms. The number of nitrogens with two attached hydrogens (primary N) is 3. The van der Waals surface area contributed by atoms with Crippen molar-refractivity contribution in [1.82, 2.24) is 14.7 Å². The molecule has 0 bridgehead atoms. The molecule has 0 atom stereocenters. The van der Waals surface area contributed by atoms with Crippen LogP contribution in [0.2, 0.25) is 0 Å². The zero-order chi connectivity index (χ0) is 26.8. The summed E-state index contributed by atoms with van der Waals surface area (Å²) in [6, 6.07) is 0. The van der Waals surface area contributed by atoms with Crippen molar-refractivity contribution in [2.24, 2.45) is 17.2 Å². The summed E-state index contributed by atoms with van der Waals surface area (Å²) in [4.78, 5) is 54.7. The van der Waals surface area contributed by atoms with E-state index in [1.54, 1.807) is 0 Å². The van der Waals surface area contributed by atoms with E-state index in [1.165, 1.54) is 21.1 Å². The smallest absolute Gasteiger partial charge is 0.466 e. The minimum Gasteiger partial charge on any atom is -0.480 e. The van der Waals surface area contributed by atoms with Crippen LogP contribution in [0.15, 0.2) is 0 Å². The molecule has 0 rings (SSSR count). The van der Waals surface area contributed by atoms with E-state index in [0.717, 1.165) is 14.7 Å². The molecule has 0 aromatic rings. The van der Waals surface area contributed by atoms with E-state index in [4.69, 9.17) is 68.0 Å². The van der Waals surface area contributed by atoms with E-state index in [-0.39, 0.29) is 37.5 Å². The monoisotopic (exact) mass is 491 g/mol. The first-order valence-electron chi connectivity index (χ1n) is 7.70. The van der Waals surface area contributed by atoms with Crippen LogP contribution in [0.3, 0.4) is 0 Å². The van der Waals surface area contributed by atoms with Crippen LogP contribution >= 0.6 is 7.82 Å². The second kappa shape index (κ2) is 18.1. The summed E-state index contributed by atoms with van der Waals surface area (Å²) < 4.78 is 8.88. The molecular weight excluding hydrogens is 461 g/mol. The van der Waals surface area contributed by atoms with Gasteiger partial charge >= 0.3 is 25.7 Å². The number of rotatable bonds is 6. The number of carbonyl (C=O) groups is 3. The molecule has 0 aliphatic carbocycles. The van der Waals surface area contributed by atoms with Crippen LogP contribution in [-0.4, -0.2) is 121 Å². The molecule has 15 N–H and O–H groups in total. The van der Waals surface area contributed by atoms with Gasteiger partial charge in [-0.05, 0) is 0 Å². The summed E-state index contributed by atoms with van der Waals surface area (Å²) in [6.07, 6.45) is 0. The zero-order valence-corrected chi connectivity index (χ0v) is 18.4. The average molecular weight is 491 g/mol. The second-order valence-corrected chi connectivity index (χ2v) is 6.44. The van der Waals surface area contributed by atoms with Gasteiger partial charge in [-0.1, -0.05) is 0 Å². The molecular formula is C12H30N9O10P. The summed E-state index contributed by atoms with van der Waals surface area (Å²) in [5.41, 5.74) is 14.8. The Morgan fingerprint density at radius 1 is 0.656 bits per heavy atom. The van der Waals surface area contributed by atoms with Crippen molar-refractivity contribution in [2.75, 3.05) is 40.8 Å². The summed E-state index contributed by atoms with van der Waals surface area (Å²) in [5, 5.41) is 44.6. The summed E-state index contributed by atoms with van der Waals surface area (Å²) >= 11 is 0. The highest BCUT2D eigenvalue weighted by Gasteiger charge is 2.04. The number of carboxylic acid groups (broad SMARTS) is 3. The van der Waals surface area contributed by atoms with Gasteiger partial charge in [0.05, 0.1) is 0 Å². The highest BCUT2D eigenvalue weighted by molar-refractivity contribution is 7.45. The van der Waals surface area contributed by atoms with Gasteiger partial charge in [-0.25, -0.2) is 4.57 Å². The van der Waals surface area contributed by atoms with E-state index in [1.807, 2.05) is 0 Å². The third-order valence-electron chi connectivity index (χ3n) is 2.35. The predicted octanol–water partition coefficient (Wildman–Crippen LogP) is -4.24. The van der Waals surface area contributed by atoms with Crippen molar-refractivity contribution in [3.8, 4) is 0 Å². The van der Waals surface area contributed by atoms with Crippen LogP contribution in [0.4, 0.5) is 0 Å². The molecule has 0 saturated carbocycles. The number of hydrogen-bond acceptors (Lipinski definition) is 7. The Balaban J connectivity index is -0.000000167. The molecule has 20 heteroatoms. The van der Waals surface area contributed by atoms with Gasteiger partial charge in [0.15, 0.2) is 17.9 Å². The van der Waals surface area contributed by atoms with Crippen molar-refractivity contribution >= 4 is 43.6 Å². The molecule has 0 heterocycles. The minimum atomic E-state index is -4.64. The van der Waals surface area contributed by atoms with E-state index in [9.17, 15) is 14.4 Å². The Morgan fingerprint density at radius 2 is 0.781 bits per heavy atom. The number of hydrogen-bond donors (Lipinski definition) is 12. The van der Waals surface area contributed by atoms with E-state index in [0.29, 0.717) is 0 Å². The van der Waals surface area contributed by atoms with Gasteiger partial charge in [-0.15, -0.1) is 0 Å². The van der Waals surface area contributed by atoms with E-state index < -0.39 is 25.7 Å². The van der Waals surface area contributed by atoms with E-state index in [2.05, 4.69) is 0 Å². The van der Waals surface area contributed by atoms with Crippen LogP contribution < -0.4 is 17.2 Å². The third-order valence-corrected chi connectivity index (χ3v) is 2.35. The minimum absolute atomic E-state index is 0.227. The first kappa shape index (κ1) is 35.7. The molecule has 0 aromatic carbocycles. The first-order chi connectivity index (χ1) is 14.1. The average Bonchev–Trinajstić information content (AvgIpc) is 2.52. The fourth-order valence-electron chi connectivity index (χ4n) is 0.864. The quantitative estimate of drug-likeness (QED) is 0.0950. The Hall–Kier alpha value is -3.67. The summed E-state index contributed by atoms with van der Waals surface area (Å²) in [7, 11) is -0.316. The lowest BCUT2D eigenvalue weighted by atomic mass is 10.6. The van der Waals surface area contributed by atoms with Crippen LogP contribution in [0.25, 0.3) is 0 Å². The largest absolute Gasteiger partial charge is 0.480 e.